The molecule has 5 heteroatoms. The first-order valence-electron chi connectivity index (χ1n) is 4.20. The van der Waals surface area contributed by atoms with E-state index in [2.05, 4.69) is 0 Å². The minimum Gasteiger partial charge on any atom is -0.428 e. The van der Waals surface area contributed by atoms with Crippen molar-refractivity contribution in [2.75, 3.05) is 26.4 Å². The van der Waals surface area contributed by atoms with E-state index in [-0.39, 0.29) is 9.28 Å². The molecule has 1 unspecified atom stereocenters. The highest BCUT2D eigenvalue weighted by molar-refractivity contribution is 6.85. The molecule has 1 saturated heterocycles. The van der Waals surface area contributed by atoms with Crippen LogP contribution in [0.15, 0.2) is 0 Å². The van der Waals surface area contributed by atoms with Gasteiger partial charge in [0, 0.05) is 23.0 Å². The topological polar surface area (TPSA) is 31.0 Å². The molecular formula is C6H16O3Si2. The van der Waals surface area contributed by atoms with Gasteiger partial charge in [0.1, 0.15) is 15.4 Å². The van der Waals surface area contributed by atoms with Gasteiger partial charge in [-0.25, -0.2) is 0 Å². The van der Waals surface area contributed by atoms with E-state index in [1.54, 1.807) is 0 Å². The fourth-order valence-corrected chi connectivity index (χ4v) is 2.15. The van der Waals surface area contributed by atoms with E-state index in [9.17, 15) is 0 Å². The van der Waals surface area contributed by atoms with E-state index in [1.165, 1.54) is 9.76 Å². The lowest BCUT2D eigenvalue weighted by Gasteiger charge is -2.01. The zero-order valence-electron chi connectivity index (χ0n) is 7.04. The Kier molecular flexibility index (Phi) is 5.04. The molecule has 0 bridgehead atoms. The molecule has 1 atom stereocenters. The molecule has 1 aliphatic rings. The molecule has 0 amide bonds. The lowest BCUT2D eigenvalue weighted by Crippen LogP contribution is -2.07. The van der Waals surface area contributed by atoms with Crippen LogP contribution in [0, 0.1) is 0 Å². The largest absolute Gasteiger partial charge is 0.428 e. The van der Waals surface area contributed by atoms with Crippen molar-refractivity contribution in [1.82, 2.24) is 0 Å². The maximum Gasteiger partial charge on any atom is 0.139 e. The zero-order valence-corrected chi connectivity index (χ0v) is 10.5. The zero-order chi connectivity index (χ0) is 7.94. The van der Waals surface area contributed by atoms with E-state index in [1.807, 2.05) is 0 Å². The first kappa shape index (κ1) is 9.40. The summed E-state index contributed by atoms with van der Waals surface area (Å²) in [6.07, 6.45) is 1.45. The summed E-state index contributed by atoms with van der Waals surface area (Å²) in [4.78, 5) is 0. The molecule has 3 nitrogen and oxygen atoms in total. The van der Waals surface area contributed by atoms with Crippen molar-refractivity contribution in [2.45, 2.75) is 12.5 Å². The summed E-state index contributed by atoms with van der Waals surface area (Å²) in [5.41, 5.74) is 0. The smallest absolute Gasteiger partial charge is 0.139 e. The molecule has 0 aromatic rings. The van der Waals surface area contributed by atoms with Crippen LogP contribution in [-0.2, 0) is 13.9 Å². The average Bonchev–Trinajstić information content (AvgIpc) is 2.80. The van der Waals surface area contributed by atoms with Crippen LogP contribution in [0.25, 0.3) is 0 Å². The van der Waals surface area contributed by atoms with E-state index in [0.29, 0.717) is 6.10 Å². The average molecular weight is 192 g/mol. The summed E-state index contributed by atoms with van der Waals surface area (Å²) in [7, 11) is 1.21. The highest BCUT2D eigenvalue weighted by atomic mass is 29.1. The van der Waals surface area contributed by atoms with Crippen molar-refractivity contribution in [2.24, 2.45) is 0 Å². The molecule has 0 radical (unpaired) electrons. The van der Waals surface area contributed by atoms with Crippen LogP contribution < -0.4 is 0 Å². The summed E-state index contributed by atoms with van der Waals surface area (Å²) in [5.74, 6) is 0. The fourth-order valence-electron chi connectivity index (χ4n) is 0.786. The van der Waals surface area contributed by atoms with Gasteiger partial charge in [-0.3, -0.25) is 0 Å². The summed E-state index contributed by atoms with van der Waals surface area (Å²) in [5, 5.41) is 0. The minimum atomic E-state index is -0.0649. The summed E-state index contributed by atoms with van der Waals surface area (Å²) in [6, 6.07) is 0. The molecule has 1 heterocycles. The van der Waals surface area contributed by atoms with Gasteiger partial charge in [-0.1, -0.05) is 0 Å². The van der Waals surface area contributed by atoms with Crippen LogP contribution in [0.1, 0.15) is 6.42 Å². The van der Waals surface area contributed by atoms with Gasteiger partial charge < -0.3 is 13.9 Å². The standard InChI is InChI=1S/C6H16O3Si2/c10-11-9-3-1-2-7-4-6-5-8-6/h6H,1-5,11H2,10H3. The van der Waals surface area contributed by atoms with Crippen LogP contribution in [0.2, 0.25) is 0 Å². The van der Waals surface area contributed by atoms with Crippen molar-refractivity contribution in [3.05, 3.63) is 0 Å². The number of rotatable bonds is 7. The summed E-state index contributed by atoms with van der Waals surface area (Å²) < 4.78 is 15.7. The molecule has 1 rings (SSSR count). The highest BCUT2D eigenvalue weighted by Crippen LogP contribution is 2.08. The van der Waals surface area contributed by atoms with Crippen molar-refractivity contribution in [3.8, 4) is 0 Å². The quantitative estimate of drug-likeness (QED) is 0.270. The predicted octanol–water partition coefficient (Wildman–Crippen LogP) is -1.83. The minimum absolute atomic E-state index is 0.0649. The fraction of sp³-hybridized carbons (Fsp3) is 1.00. The van der Waals surface area contributed by atoms with Crippen molar-refractivity contribution in [1.29, 1.82) is 0 Å². The summed E-state index contributed by atoms with van der Waals surface area (Å²) >= 11 is 0. The first-order valence-corrected chi connectivity index (χ1v) is 10.4. The lowest BCUT2D eigenvalue weighted by atomic mass is 10.5. The van der Waals surface area contributed by atoms with Crippen LogP contribution in [0.4, 0.5) is 0 Å². The second kappa shape index (κ2) is 5.90. The second-order valence-corrected chi connectivity index (χ2v) is 5.30. The van der Waals surface area contributed by atoms with Gasteiger partial charge in [-0.15, -0.1) is 0 Å². The Labute approximate surface area is 72.6 Å². The molecule has 66 valence electrons. The molecule has 0 N–H and O–H groups in total. The molecule has 0 saturated carbocycles. The third kappa shape index (κ3) is 5.57. The Balaban J connectivity index is 1.66. The van der Waals surface area contributed by atoms with Crippen molar-refractivity contribution >= 4 is 19.0 Å². The van der Waals surface area contributed by atoms with Crippen LogP contribution in [-0.4, -0.2) is 51.6 Å². The third-order valence-corrected chi connectivity index (χ3v) is 3.41. The molecule has 1 fully saturated rings. The SMILES string of the molecule is [SiH3][SiH2]OCCCOCC1CO1. The maximum absolute atomic E-state index is 5.35. The van der Waals surface area contributed by atoms with Crippen molar-refractivity contribution < 1.29 is 13.9 Å². The molecule has 11 heavy (non-hydrogen) atoms. The van der Waals surface area contributed by atoms with Gasteiger partial charge in [0.15, 0.2) is 0 Å². The molecule has 0 spiro atoms. The van der Waals surface area contributed by atoms with E-state index in [4.69, 9.17) is 13.9 Å². The van der Waals surface area contributed by atoms with Gasteiger partial charge in [-0.2, -0.15) is 0 Å². The van der Waals surface area contributed by atoms with Crippen LogP contribution in [0.3, 0.4) is 0 Å². The van der Waals surface area contributed by atoms with Gasteiger partial charge >= 0.3 is 0 Å². The van der Waals surface area contributed by atoms with Crippen LogP contribution >= 0.6 is 0 Å². The van der Waals surface area contributed by atoms with E-state index < -0.39 is 0 Å². The van der Waals surface area contributed by atoms with Crippen LogP contribution in [0.5, 0.6) is 0 Å². The van der Waals surface area contributed by atoms with Gasteiger partial charge in [-0.05, 0) is 6.42 Å². The normalized spacial score (nSPS) is 23.5. The number of epoxide rings is 1. The monoisotopic (exact) mass is 192 g/mol. The Morgan fingerprint density at radius 2 is 2.36 bits per heavy atom. The van der Waals surface area contributed by atoms with Gasteiger partial charge in [0.2, 0.25) is 0 Å². The first-order chi connectivity index (χ1) is 5.43. The van der Waals surface area contributed by atoms with Crippen molar-refractivity contribution in [3.63, 3.8) is 0 Å². The second-order valence-electron chi connectivity index (χ2n) is 2.58. The molecule has 0 aromatic heterocycles. The molecule has 0 aliphatic carbocycles. The number of hydrogen-bond acceptors (Lipinski definition) is 3. The predicted molar refractivity (Wildman–Crippen MR) is 49.6 cm³/mol. The lowest BCUT2D eigenvalue weighted by molar-refractivity contribution is 0.105. The molecular weight excluding hydrogens is 176 g/mol. The Morgan fingerprint density at radius 1 is 1.55 bits per heavy atom. The van der Waals surface area contributed by atoms with E-state index >= 15 is 0 Å². The Bertz CT molecular complexity index is 97.8. The van der Waals surface area contributed by atoms with Gasteiger partial charge in [0.05, 0.1) is 13.2 Å². The maximum atomic E-state index is 5.35. The number of hydrogen-bond donors (Lipinski definition) is 0. The Hall–Kier alpha value is 0.314. The van der Waals surface area contributed by atoms with Gasteiger partial charge in [0.25, 0.3) is 0 Å². The number of ether oxygens (including phenoxy) is 2. The van der Waals surface area contributed by atoms with E-state index in [0.717, 1.165) is 32.8 Å². The molecule has 0 aromatic carbocycles. The highest BCUT2D eigenvalue weighted by Gasteiger charge is 2.21. The Morgan fingerprint density at radius 3 is 3.00 bits per heavy atom. The summed E-state index contributed by atoms with van der Waals surface area (Å²) in [6.45, 7) is 3.40. The molecule has 1 aliphatic heterocycles. The third-order valence-electron chi connectivity index (χ3n) is 1.49.